The molecule has 0 unspecified atom stereocenters. The lowest BCUT2D eigenvalue weighted by atomic mass is 9.84. The molecule has 0 aliphatic heterocycles. The summed E-state index contributed by atoms with van der Waals surface area (Å²) in [6, 6.07) is 17.4. The lowest BCUT2D eigenvalue weighted by Gasteiger charge is -2.19. The van der Waals surface area contributed by atoms with Crippen molar-refractivity contribution >= 4 is 5.97 Å². The van der Waals surface area contributed by atoms with Gasteiger partial charge in [-0.15, -0.1) is 0 Å². The van der Waals surface area contributed by atoms with Gasteiger partial charge in [0.25, 0.3) is 0 Å². The van der Waals surface area contributed by atoms with Gasteiger partial charge in [0, 0.05) is 12.4 Å². The predicted molar refractivity (Wildman–Crippen MR) is 100 cm³/mol. The number of benzene rings is 2. The molecule has 3 rings (SSSR count). The first-order valence-corrected chi connectivity index (χ1v) is 8.51. The van der Waals surface area contributed by atoms with Gasteiger partial charge in [0.2, 0.25) is 0 Å². The number of ether oxygens (including phenoxy) is 1. The van der Waals surface area contributed by atoms with Gasteiger partial charge in [0.15, 0.2) is 0 Å². The second-order valence-corrected chi connectivity index (χ2v) is 6.65. The molecule has 1 N–H and O–H groups in total. The van der Waals surface area contributed by atoms with Crippen molar-refractivity contribution in [3.05, 3.63) is 72.6 Å². The van der Waals surface area contributed by atoms with E-state index in [-0.39, 0.29) is 0 Å². The zero-order chi connectivity index (χ0) is 18.6. The Labute approximate surface area is 152 Å². The summed E-state index contributed by atoms with van der Waals surface area (Å²) in [5.74, 6) is -0.0219. The van der Waals surface area contributed by atoms with Crippen LogP contribution in [0, 0.1) is 0 Å². The van der Waals surface area contributed by atoms with Crippen molar-refractivity contribution < 1.29 is 14.6 Å². The van der Waals surface area contributed by atoms with Crippen molar-refractivity contribution in [3.8, 4) is 16.9 Å². The first-order valence-electron chi connectivity index (χ1n) is 8.51. The molecule has 2 aromatic carbocycles. The molecule has 0 saturated carbocycles. The minimum atomic E-state index is -0.898. The van der Waals surface area contributed by atoms with Crippen molar-refractivity contribution in [3.63, 3.8) is 0 Å². The van der Waals surface area contributed by atoms with Crippen LogP contribution in [0.2, 0.25) is 0 Å². The SMILES string of the molecule is CC(C)(C(=O)O)c1ccc(-c2ccc(OCCn3cccn3)cc2)cc1. The average molecular weight is 350 g/mol. The Kier molecular flexibility index (Phi) is 5.07. The molecular formula is C21H22N2O3. The number of hydrogen-bond donors (Lipinski definition) is 1. The van der Waals surface area contributed by atoms with Crippen LogP contribution in [0.25, 0.3) is 11.1 Å². The van der Waals surface area contributed by atoms with Crippen LogP contribution >= 0.6 is 0 Å². The summed E-state index contributed by atoms with van der Waals surface area (Å²) in [6.07, 6.45) is 3.65. The third kappa shape index (κ3) is 3.94. The van der Waals surface area contributed by atoms with Crippen molar-refractivity contribution in [2.45, 2.75) is 25.8 Å². The van der Waals surface area contributed by atoms with Crippen LogP contribution in [0.1, 0.15) is 19.4 Å². The van der Waals surface area contributed by atoms with E-state index in [1.54, 1.807) is 20.0 Å². The first kappa shape index (κ1) is 17.7. The second kappa shape index (κ2) is 7.44. The minimum absolute atomic E-state index is 0.556. The molecule has 0 spiro atoms. The Morgan fingerprint density at radius 1 is 1.08 bits per heavy atom. The van der Waals surface area contributed by atoms with Crippen molar-refractivity contribution in [2.24, 2.45) is 0 Å². The zero-order valence-corrected chi connectivity index (χ0v) is 14.9. The molecule has 0 aliphatic carbocycles. The van der Waals surface area contributed by atoms with E-state index in [1.165, 1.54) is 0 Å². The normalized spacial score (nSPS) is 11.3. The minimum Gasteiger partial charge on any atom is -0.492 e. The summed E-state index contributed by atoms with van der Waals surface area (Å²) in [5.41, 5.74) is 1.99. The van der Waals surface area contributed by atoms with Crippen molar-refractivity contribution in [2.75, 3.05) is 6.61 Å². The van der Waals surface area contributed by atoms with E-state index >= 15 is 0 Å². The fraction of sp³-hybridized carbons (Fsp3) is 0.238. The van der Waals surface area contributed by atoms with E-state index in [9.17, 15) is 9.90 Å². The molecule has 0 radical (unpaired) electrons. The fourth-order valence-electron chi connectivity index (χ4n) is 2.64. The van der Waals surface area contributed by atoms with Gasteiger partial charge in [0.05, 0.1) is 12.0 Å². The van der Waals surface area contributed by atoms with E-state index < -0.39 is 11.4 Å². The predicted octanol–water partition coefficient (Wildman–Crippen LogP) is 3.99. The number of aliphatic carboxylic acids is 1. The van der Waals surface area contributed by atoms with Crippen molar-refractivity contribution in [1.82, 2.24) is 9.78 Å². The highest BCUT2D eigenvalue weighted by molar-refractivity contribution is 5.80. The summed E-state index contributed by atoms with van der Waals surface area (Å²) in [5, 5.41) is 13.5. The van der Waals surface area contributed by atoms with Gasteiger partial charge in [0.1, 0.15) is 12.4 Å². The van der Waals surface area contributed by atoms with E-state index in [1.807, 2.05) is 65.5 Å². The molecule has 5 nitrogen and oxygen atoms in total. The highest BCUT2D eigenvalue weighted by Crippen LogP contribution is 2.28. The molecule has 0 saturated heterocycles. The molecule has 1 aromatic heterocycles. The van der Waals surface area contributed by atoms with Gasteiger partial charge in [-0.1, -0.05) is 36.4 Å². The van der Waals surface area contributed by atoms with Crippen LogP contribution in [0.5, 0.6) is 5.75 Å². The first-order chi connectivity index (χ1) is 12.5. The monoisotopic (exact) mass is 350 g/mol. The summed E-state index contributed by atoms with van der Waals surface area (Å²) < 4.78 is 7.56. The number of carboxylic acids is 1. The molecule has 26 heavy (non-hydrogen) atoms. The van der Waals surface area contributed by atoms with E-state index in [2.05, 4.69) is 5.10 Å². The highest BCUT2D eigenvalue weighted by atomic mass is 16.5. The van der Waals surface area contributed by atoms with Crippen LogP contribution in [-0.4, -0.2) is 27.5 Å². The summed E-state index contributed by atoms with van der Waals surface area (Å²) in [4.78, 5) is 11.4. The maximum Gasteiger partial charge on any atom is 0.313 e. The summed E-state index contributed by atoms with van der Waals surface area (Å²) >= 11 is 0. The van der Waals surface area contributed by atoms with Crippen LogP contribution in [0.15, 0.2) is 67.0 Å². The van der Waals surface area contributed by atoms with E-state index in [4.69, 9.17) is 4.74 Å². The number of carbonyl (C=O) groups is 1. The van der Waals surface area contributed by atoms with Crippen molar-refractivity contribution in [1.29, 1.82) is 0 Å². The summed E-state index contributed by atoms with van der Waals surface area (Å²) in [7, 11) is 0. The molecular weight excluding hydrogens is 328 g/mol. The highest BCUT2D eigenvalue weighted by Gasteiger charge is 2.29. The van der Waals surface area contributed by atoms with Gasteiger partial charge in [-0.05, 0) is 48.7 Å². The molecule has 1 heterocycles. The Morgan fingerprint density at radius 3 is 2.23 bits per heavy atom. The van der Waals surface area contributed by atoms with Gasteiger partial charge < -0.3 is 9.84 Å². The maximum atomic E-state index is 11.4. The molecule has 0 bridgehead atoms. The summed E-state index contributed by atoms with van der Waals surface area (Å²) in [6.45, 7) is 4.68. The van der Waals surface area contributed by atoms with Gasteiger partial charge >= 0.3 is 5.97 Å². The van der Waals surface area contributed by atoms with Gasteiger partial charge in [-0.3, -0.25) is 9.48 Å². The van der Waals surface area contributed by atoms with Gasteiger partial charge in [-0.2, -0.15) is 5.10 Å². The Morgan fingerprint density at radius 2 is 1.69 bits per heavy atom. The second-order valence-electron chi connectivity index (χ2n) is 6.65. The molecule has 0 atom stereocenters. The van der Waals surface area contributed by atoms with Crippen LogP contribution < -0.4 is 4.74 Å². The van der Waals surface area contributed by atoms with E-state index in [0.717, 1.165) is 22.4 Å². The van der Waals surface area contributed by atoms with Crippen LogP contribution in [-0.2, 0) is 16.8 Å². The molecule has 0 amide bonds. The average Bonchev–Trinajstić information content (AvgIpc) is 3.16. The smallest absolute Gasteiger partial charge is 0.313 e. The van der Waals surface area contributed by atoms with Gasteiger partial charge in [-0.25, -0.2) is 0 Å². The fourth-order valence-corrected chi connectivity index (χ4v) is 2.64. The van der Waals surface area contributed by atoms with Crippen LogP contribution in [0.4, 0.5) is 0 Å². The third-order valence-electron chi connectivity index (χ3n) is 4.48. The quantitative estimate of drug-likeness (QED) is 0.700. The lowest BCUT2D eigenvalue weighted by molar-refractivity contribution is -0.142. The molecule has 0 aliphatic rings. The third-order valence-corrected chi connectivity index (χ3v) is 4.48. The van der Waals surface area contributed by atoms with E-state index in [0.29, 0.717) is 13.2 Å². The number of hydrogen-bond acceptors (Lipinski definition) is 3. The Bertz CT molecular complexity index is 851. The number of carboxylic acid groups (broad SMARTS) is 1. The molecule has 5 heteroatoms. The Balaban J connectivity index is 1.63. The largest absolute Gasteiger partial charge is 0.492 e. The number of nitrogens with zero attached hydrogens (tertiary/aromatic N) is 2. The standard InChI is InChI=1S/C21H22N2O3/c1-21(2,20(24)25)18-8-4-16(5-9-18)17-6-10-19(11-7-17)26-15-14-23-13-3-12-22-23/h3-13H,14-15H2,1-2H3,(H,24,25). The molecule has 3 aromatic rings. The molecule has 134 valence electrons. The Hall–Kier alpha value is -3.08. The number of aromatic nitrogens is 2. The zero-order valence-electron chi connectivity index (χ0n) is 14.9. The molecule has 0 fully saturated rings. The van der Waals surface area contributed by atoms with Crippen LogP contribution in [0.3, 0.4) is 0 Å². The topological polar surface area (TPSA) is 64.3 Å². The maximum absolute atomic E-state index is 11.4. The number of rotatable bonds is 7. The lowest BCUT2D eigenvalue weighted by Crippen LogP contribution is -2.28.